The van der Waals surface area contributed by atoms with E-state index in [1.54, 1.807) is 37.3 Å². The number of carbonyl (C=O) groups excluding carboxylic acids is 2. The molecule has 0 saturated carbocycles. The number of carbonyl (C=O) groups is 2. The largest absolute Gasteiger partial charge is 0.325 e. The van der Waals surface area contributed by atoms with Gasteiger partial charge in [-0.2, -0.15) is 0 Å². The van der Waals surface area contributed by atoms with Crippen LogP contribution in [0.25, 0.3) is 0 Å². The monoisotopic (exact) mass is 384 g/mol. The van der Waals surface area contributed by atoms with Crippen LogP contribution in [0.5, 0.6) is 0 Å². The Bertz CT molecular complexity index is 906. The highest BCUT2D eigenvalue weighted by Crippen LogP contribution is 2.34. The maximum atomic E-state index is 13.9. The van der Waals surface area contributed by atoms with E-state index in [0.717, 1.165) is 0 Å². The Kier molecular flexibility index (Phi) is 4.63. The van der Waals surface area contributed by atoms with Crippen molar-refractivity contribution in [3.63, 3.8) is 0 Å². The first-order valence-corrected chi connectivity index (χ1v) is 7.94. The maximum absolute atomic E-state index is 13.9. The van der Waals surface area contributed by atoms with E-state index in [0.29, 0.717) is 10.5 Å². The van der Waals surface area contributed by atoms with Gasteiger partial charge in [0.25, 0.3) is 5.91 Å². The van der Waals surface area contributed by atoms with Crippen LogP contribution in [0, 0.1) is 29.1 Å². The number of benzene rings is 2. The average molecular weight is 384 g/mol. The second kappa shape index (κ2) is 6.64. The van der Waals surface area contributed by atoms with Crippen molar-refractivity contribution in [2.75, 3.05) is 0 Å². The topological polar surface area (TPSA) is 49.4 Å². The molecule has 1 atom stereocenters. The summed E-state index contributed by atoms with van der Waals surface area (Å²) >= 11 is 0. The number of nitrogens with one attached hydrogen (secondary N) is 1. The summed E-state index contributed by atoms with van der Waals surface area (Å²) in [5.41, 5.74) is -2.30. The fourth-order valence-corrected chi connectivity index (χ4v) is 3.08. The molecule has 3 amide bonds. The Morgan fingerprint density at radius 1 is 0.889 bits per heavy atom. The molecule has 3 rings (SSSR count). The molecule has 1 aliphatic heterocycles. The highest BCUT2D eigenvalue weighted by molar-refractivity contribution is 6.07. The molecule has 0 spiro atoms. The quantitative estimate of drug-likeness (QED) is 0.378. The SMILES string of the molecule is CC[C@]1(c2ccccc2)NC(=O)N(Cc2c(F)c(F)c(F)c(F)c2F)C1=O. The summed E-state index contributed by atoms with van der Waals surface area (Å²) in [4.78, 5) is 25.6. The molecule has 0 bridgehead atoms. The van der Waals surface area contributed by atoms with Crippen LogP contribution in [0.2, 0.25) is 0 Å². The van der Waals surface area contributed by atoms with E-state index in [9.17, 15) is 31.5 Å². The van der Waals surface area contributed by atoms with Gasteiger partial charge in [0.1, 0.15) is 5.54 Å². The molecule has 2 aromatic rings. The Hall–Kier alpha value is -2.97. The van der Waals surface area contributed by atoms with Crippen molar-refractivity contribution in [3.05, 3.63) is 70.5 Å². The Morgan fingerprint density at radius 2 is 1.41 bits per heavy atom. The molecule has 1 fully saturated rings. The van der Waals surface area contributed by atoms with Crippen LogP contribution in [0.4, 0.5) is 26.7 Å². The van der Waals surface area contributed by atoms with E-state index in [1.165, 1.54) is 0 Å². The highest BCUT2D eigenvalue weighted by Gasteiger charge is 2.51. The summed E-state index contributed by atoms with van der Waals surface area (Å²) in [6.07, 6.45) is 0.120. The van der Waals surface area contributed by atoms with E-state index >= 15 is 0 Å². The number of hydrogen-bond donors (Lipinski definition) is 1. The second-order valence-corrected chi connectivity index (χ2v) is 5.99. The number of imide groups is 1. The van der Waals surface area contributed by atoms with Crippen LogP contribution < -0.4 is 5.32 Å². The smallest absolute Gasteiger partial charge is 0.319 e. The highest BCUT2D eigenvalue weighted by atomic mass is 19.2. The lowest BCUT2D eigenvalue weighted by Gasteiger charge is -2.25. The van der Waals surface area contributed by atoms with E-state index in [4.69, 9.17) is 0 Å². The zero-order chi connectivity index (χ0) is 19.9. The van der Waals surface area contributed by atoms with Gasteiger partial charge >= 0.3 is 6.03 Å². The summed E-state index contributed by atoms with van der Waals surface area (Å²) in [6.45, 7) is 0.526. The minimum absolute atomic E-state index is 0.120. The maximum Gasteiger partial charge on any atom is 0.325 e. The van der Waals surface area contributed by atoms with Crippen LogP contribution >= 0.6 is 0 Å². The fourth-order valence-electron chi connectivity index (χ4n) is 3.08. The van der Waals surface area contributed by atoms with Crippen molar-refractivity contribution in [2.45, 2.75) is 25.4 Å². The molecule has 4 nitrogen and oxygen atoms in total. The van der Waals surface area contributed by atoms with Crippen molar-refractivity contribution < 1.29 is 31.5 Å². The Labute approximate surface area is 150 Å². The third-order valence-corrected chi connectivity index (χ3v) is 4.59. The number of urea groups is 1. The summed E-state index contributed by atoms with van der Waals surface area (Å²) in [6, 6.07) is 7.15. The van der Waals surface area contributed by atoms with Crippen LogP contribution in [-0.2, 0) is 16.9 Å². The van der Waals surface area contributed by atoms with Crippen LogP contribution in [-0.4, -0.2) is 16.8 Å². The lowest BCUT2D eigenvalue weighted by Crippen LogP contribution is -2.43. The molecular formula is C18H13F5N2O2. The first-order valence-electron chi connectivity index (χ1n) is 7.94. The molecular weight excluding hydrogens is 371 g/mol. The van der Waals surface area contributed by atoms with Gasteiger partial charge < -0.3 is 5.32 Å². The lowest BCUT2D eigenvalue weighted by molar-refractivity contribution is -0.132. The van der Waals surface area contributed by atoms with Crippen molar-refractivity contribution in [1.82, 2.24) is 10.2 Å². The lowest BCUT2D eigenvalue weighted by atomic mass is 9.87. The molecule has 27 heavy (non-hydrogen) atoms. The van der Waals surface area contributed by atoms with Crippen molar-refractivity contribution in [3.8, 4) is 0 Å². The standard InChI is InChI=1S/C18H13F5N2O2/c1-2-18(9-6-4-3-5-7-9)16(26)25(17(27)24-18)8-10-11(19)13(21)15(23)14(22)12(10)20/h3-7H,2,8H2,1H3,(H,24,27)/t18-/m1/s1. The van der Waals surface area contributed by atoms with Gasteiger partial charge in [0.05, 0.1) is 6.54 Å². The molecule has 1 aliphatic rings. The van der Waals surface area contributed by atoms with E-state index < -0.39 is 58.7 Å². The molecule has 0 aliphatic carbocycles. The molecule has 1 N–H and O–H groups in total. The molecule has 0 unspecified atom stereocenters. The minimum atomic E-state index is -2.31. The summed E-state index contributed by atoms with van der Waals surface area (Å²) in [5, 5.41) is 2.46. The van der Waals surface area contributed by atoms with Gasteiger partial charge in [-0.25, -0.2) is 26.7 Å². The zero-order valence-electron chi connectivity index (χ0n) is 14.0. The van der Waals surface area contributed by atoms with Crippen LogP contribution in [0.3, 0.4) is 0 Å². The number of rotatable bonds is 4. The first-order chi connectivity index (χ1) is 12.7. The van der Waals surface area contributed by atoms with E-state index in [1.807, 2.05) is 0 Å². The van der Waals surface area contributed by atoms with Gasteiger partial charge in [-0.15, -0.1) is 0 Å². The number of amides is 3. The summed E-state index contributed by atoms with van der Waals surface area (Å²) < 4.78 is 67.8. The third kappa shape index (κ3) is 2.73. The Morgan fingerprint density at radius 3 is 1.93 bits per heavy atom. The normalized spacial score (nSPS) is 19.6. The van der Waals surface area contributed by atoms with Gasteiger partial charge in [-0.3, -0.25) is 9.69 Å². The number of nitrogens with zero attached hydrogens (tertiary/aromatic N) is 1. The summed E-state index contributed by atoms with van der Waals surface area (Å²) in [5.74, 6) is -11.6. The zero-order valence-corrected chi connectivity index (χ0v) is 14.0. The Balaban J connectivity index is 2.03. The van der Waals surface area contributed by atoms with Crippen LogP contribution in [0.1, 0.15) is 24.5 Å². The van der Waals surface area contributed by atoms with Gasteiger partial charge in [0.15, 0.2) is 23.3 Å². The molecule has 1 heterocycles. The summed E-state index contributed by atoms with van der Waals surface area (Å²) in [7, 11) is 0. The molecule has 1 saturated heterocycles. The van der Waals surface area contributed by atoms with Gasteiger partial charge in [-0.1, -0.05) is 37.3 Å². The first kappa shape index (κ1) is 18.8. The third-order valence-electron chi connectivity index (χ3n) is 4.59. The average Bonchev–Trinajstić information content (AvgIpc) is 2.93. The van der Waals surface area contributed by atoms with E-state index in [2.05, 4.69) is 5.32 Å². The van der Waals surface area contributed by atoms with Gasteiger partial charge in [0, 0.05) is 5.56 Å². The van der Waals surface area contributed by atoms with Gasteiger partial charge in [0.2, 0.25) is 5.82 Å². The number of halogens is 5. The predicted molar refractivity (Wildman–Crippen MR) is 83.7 cm³/mol. The van der Waals surface area contributed by atoms with Crippen molar-refractivity contribution in [2.24, 2.45) is 0 Å². The van der Waals surface area contributed by atoms with E-state index in [-0.39, 0.29) is 6.42 Å². The van der Waals surface area contributed by atoms with Crippen molar-refractivity contribution >= 4 is 11.9 Å². The molecule has 9 heteroatoms. The van der Waals surface area contributed by atoms with Crippen LogP contribution in [0.15, 0.2) is 30.3 Å². The molecule has 0 radical (unpaired) electrons. The van der Waals surface area contributed by atoms with Crippen molar-refractivity contribution in [1.29, 1.82) is 0 Å². The molecule has 142 valence electrons. The minimum Gasteiger partial charge on any atom is -0.319 e. The number of hydrogen-bond acceptors (Lipinski definition) is 2. The molecule has 0 aromatic heterocycles. The fraction of sp³-hybridized carbons (Fsp3) is 0.222. The predicted octanol–water partition coefficient (Wildman–Crippen LogP) is 3.74. The molecule has 2 aromatic carbocycles. The second-order valence-electron chi connectivity index (χ2n) is 5.99. The van der Waals surface area contributed by atoms with Gasteiger partial charge in [-0.05, 0) is 12.0 Å².